The fraction of sp³-hybridized carbons (Fsp3) is 0.350. The molecule has 8 heteroatoms. The Morgan fingerprint density at radius 2 is 1.89 bits per heavy atom. The number of sulfonamides is 1. The zero-order valence-electron chi connectivity index (χ0n) is 16.5. The summed E-state index contributed by atoms with van der Waals surface area (Å²) in [4.78, 5) is 12.6. The highest BCUT2D eigenvalue weighted by molar-refractivity contribution is 7.92. The smallest absolute Gasteiger partial charge is 0.241 e. The van der Waals surface area contributed by atoms with Crippen molar-refractivity contribution in [3.63, 3.8) is 0 Å². The van der Waals surface area contributed by atoms with Gasteiger partial charge in [-0.1, -0.05) is 24.3 Å². The van der Waals surface area contributed by atoms with Gasteiger partial charge in [0, 0.05) is 11.6 Å². The average molecular weight is 407 g/mol. The number of rotatable bonds is 9. The van der Waals surface area contributed by atoms with E-state index in [1.54, 1.807) is 37.4 Å². The Labute approximate surface area is 166 Å². The Hall–Kier alpha value is -2.74. The number of carbonyl (C=O) groups is 1. The van der Waals surface area contributed by atoms with E-state index in [0.717, 1.165) is 16.1 Å². The van der Waals surface area contributed by atoms with Crippen LogP contribution in [0.25, 0.3) is 0 Å². The summed E-state index contributed by atoms with van der Waals surface area (Å²) in [6.45, 7) is 3.77. The minimum Gasteiger partial charge on any atom is -0.496 e. The van der Waals surface area contributed by atoms with Crippen molar-refractivity contribution in [2.24, 2.45) is 0 Å². The molecule has 0 aliphatic carbocycles. The van der Waals surface area contributed by atoms with Crippen LogP contribution < -0.4 is 19.1 Å². The fourth-order valence-electron chi connectivity index (χ4n) is 2.81. The van der Waals surface area contributed by atoms with Crippen LogP contribution in [0.2, 0.25) is 0 Å². The predicted molar refractivity (Wildman–Crippen MR) is 109 cm³/mol. The molecule has 0 aliphatic heterocycles. The highest BCUT2D eigenvalue weighted by atomic mass is 32.2. The Morgan fingerprint density at radius 1 is 1.18 bits per heavy atom. The first-order valence-corrected chi connectivity index (χ1v) is 10.7. The molecule has 7 nitrogen and oxygen atoms in total. The molecule has 0 unspecified atom stereocenters. The first kappa shape index (κ1) is 21.6. The number of hydrogen-bond acceptors (Lipinski definition) is 5. The molecule has 0 bridgehead atoms. The van der Waals surface area contributed by atoms with E-state index in [1.807, 2.05) is 32.0 Å². The summed E-state index contributed by atoms with van der Waals surface area (Å²) < 4.78 is 36.4. The standard InChI is InChI=1S/C20H26N2O5S/c1-5-27-17-10-8-9-16(13-17)22(28(4,24)25)14-20(23)21-15(2)18-11-6-7-12-19(18)26-3/h6-13,15H,5,14H2,1-4H3,(H,21,23)/t15-/m1/s1. The van der Waals surface area contributed by atoms with Gasteiger partial charge in [-0.15, -0.1) is 0 Å². The number of carbonyl (C=O) groups excluding carboxylic acids is 1. The average Bonchev–Trinajstić information content (AvgIpc) is 2.65. The highest BCUT2D eigenvalue weighted by Crippen LogP contribution is 2.25. The number of para-hydroxylation sites is 1. The molecule has 152 valence electrons. The summed E-state index contributed by atoms with van der Waals surface area (Å²) in [6.07, 6.45) is 1.07. The molecule has 0 spiro atoms. The van der Waals surface area contributed by atoms with E-state index >= 15 is 0 Å². The molecular formula is C20H26N2O5S. The largest absolute Gasteiger partial charge is 0.496 e. The molecule has 0 saturated heterocycles. The Kier molecular flexibility index (Phi) is 7.28. The van der Waals surface area contributed by atoms with Gasteiger partial charge in [-0.05, 0) is 32.0 Å². The monoisotopic (exact) mass is 406 g/mol. The molecule has 0 aliphatic rings. The van der Waals surface area contributed by atoms with Gasteiger partial charge in [0.1, 0.15) is 18.0 Å². The predicted octanol–water partition coefficient (Wildman–Crippen LogP) is 2.74. The molecule has 1 atom stereocenters. The molecule has 1 amide bonds. The second kappa shape index (κ2) is 9.45. The summed E-state index contributed by atoms with van der Waals surface area (Å²) in [5.74, 6) is 0.766. The molecular weight excluding hydrogens is 380 g/mol. The van der Waals surface area contributed by atoms with Crippen LogP contribution in [0, 0.1) is 0 Å². The normalized spacial score (nSPS) is 12.1. The summed E-state index contributed by atoms with van der Waals surface area (Å²) in [7, 11) is -2.11. The number of ether oxygens (including phenoxy) is 2. The second-order valence-corrected chi connectivity index (χ2v) is 8.14. The summed E-state index contributed by atoms with van der Waals surface area (Å²) in [5, 5.41) is 2.83. The van der Waals surface area contributed by atoms with Gasteiger partial charge in [0.15, 0.2) is 0 Å². The Bertz CT molecular complexity index is 914. The first-order valence-electron chi connectivity index (χ1n) is 8.89. The van der Waals surface area contributed by atoms with Crippen LogP contribution in [-0.4, -0.2) is 40.8 Å². The van der Waals surface area contributed by atoms with Crippen molar-refractivity contribution in [1.82, 2.24) is 5.32 Å². The Balaban J connectivity index is 2.19. The molecule has 2 rings (SSSR count). The fourth-order valence-corrected chi connectivity index (χ4v) is 3.66. The van der Waals surface area contributed by atoms with Gasteiger partial charge in [-0.3, -0.25) is 9.10 Å². The number of methoxy groups -OCH3 is 1. The van der Waals surface area contributed by atoms with E-state index in [4.69, 9.17) is 9.47 Å². The maximum atomic E-state index is 12.6. The van der Waals surface area contributed by atoms with Crippen molar-refractivity contribution < 1.29 is 22.7 Å². The second-order valence-electron chi connectivity index (χ2n) is 6.23. The van der Waals surface area contributed by atoms with Crippen molar-refractivity contribution >= 4 is 21.6 Å². The van der Waals surface area contributed by atoms with E-state index in [9.17, 15) is 13.2 Å². The quantitative estimate of drug-likeness (QED) is 0.692. The van der Waals surface area contributed by atoms with Crippen molar-refractivity contribution in [3.05, 3.63) is 54.1 Å². The summed E-state index contributed by atoms with van der Waals surface area (Å²) >= 11 is 0. The first-order chi connectivity index (χ1) is 13.3. The molecule has 0 fully saturated rings. The van der Waals surface area contributed by atoms with E-state index in [0.29, 0.717) is 23.8 Å². The molecule has 0 heterocycles. The van der Waals surface area contributed by atoms with E-state index in [1.165, 1.54) is 0 Å². The van der Waals surface area contributed by atoms with Crippen LogP contribution in [0.1, 0.15) is 25.5 Å². The third-order valence-corrected chi connectivity index (χ3v) is 5.23. The van der Waals surface area contributed by atoms with Crippen molar-refractivity contribution in [2.45, 2.75) is 19.9 Å². The lowest BCUT2D eigenvalue weighted by molar-refractivity contribution is -0.120. The van der Waals surface area contributed by atoms with Crippen molar-refractivity contribution in [1.29, 1.82) is 0 Å². The van der Waals surface area contributed by atoms with Crippen molar-refractivity contribution in [2.75, 3.05) is 30.8 Å². The molecule has 2 aromatic carbocycles. The molecule has 28 heavy (non-hydrogen) atoms. The SMILES string of the molecule is CCOc1cccc(N(CC(=O)N[C@H](C)c2ccccc2OC)S(C)(=O)=O)c1. The van der Waals surface area contributed by atoms with Gasteiger partial charge >= 0.3 is 0 Å². The third kappa shape index (κ3) is 5.63. The lowest BCUT2D eigenvalue weighted by atomic mass is 10.1. The zero-order chi connectivity index (χ0) is 20.7. The van der Waals surface area contributed by atoms with Gasteiger partial charge in [-0.2, -0.15) is 0 Å². The van der Waals surface area contributed by atoms with E-state index in [-0.39, 0.29) is 12.6 Å². The van der Waals surface area contributed by atoms with Gasteiger partial charge in [0.25, 0.3) is 0 Å². The maximum absolute atomic E-state index is 12.6. The van der Waals surface area contributed by atoms with E-state index in [2.05, 4.69) is 5.32 Å². The molecule has 0 aromatic heterocycles. The summed E-state index contributed by atoms with van der Waals surface area (Å²) in [5.41, 5.74) is 1.18. The van der Waals surface area contributed by atoms with Gasteiger partial charge in [-0.25, -0.2) is 8.42 Å². The minimum atomic E-state index is -3.67. The van der Waals surface area contributed by atoms with Crippen LogP contribution >= 0.6 is 0 Å². The minimum absolute atomic E-state index is 0.339. The highest BCUT2D eigenvalue weighted by Gasteiger charge is 2.23. The van der Waals surface area contributed by atoms with Crippen LogP contribution in [0.4, 0.5) is 5.69 Å². The van der Waals surface area contributed by atoms with Crippen molar-refractivity contribution in [3.8, 4) is 11.5 Å². The van der Waals surface area contributed by atoms with E-state index < -0.39 is 15.9 Å². The lowest BCUT2D eigenvalue weighted by Crippen LogP contribution is -2.41. The van der Waals surface area contributed by atoms with Crippen LogP contribution in [0.15, 0.2) is 48.5 Å². The Morgan fingerprint density at radius 3 is 2.54 bits per heavy atom. The number of nitrogens with zero attached hydrogens (tertiary/aromatic N) is 1. The van der Waals surface area contributed by atoms with Crippen LogP contribution in [-0.2, 0) is 14.8 Å². The summed E-state index contributed by atoms with van der Waals surface area (Å²) in [6, 6.07) is 13.6. The van der Waals surface area contributed by atoms with Gasteiger partial charge < -0.3 is 14.8 Å². The molecule has 2 aromatic rings. The van der Waals surface area contributed by atoms with Gasteiger partial charge in [0.05, 0.1) is 31.7 Å². The molecule has 0 radical (unpaired) electrons. The van der Waals surface area contributed by atoms with Gasteiger partial charge in [0.2, 0.25) is 15.9 Å². The zero-order valence-corrected chi connectivity index (χ0v) is 17.3. The number of nitrogens with one attached hydrogen (secondary N) is 1. The molecule has 0 saturated carbocycles. The topological polar surface area (TPSA) is 84.9 Å². The maximum Gasteiger partial charge on any atom is 0.241 e. The number of hydrogen-bond donors (Lipinski definition) is 1. The number of amides is 1. The number of anilines is 1. The third-order valence-electron chi connectivity index (χ3n) is 4.09. The lowest BCUT2D eigenvalue weighted by Gasteiger charge is -2.24. The number of benzene rings is 2. The van der Waals surface area contributed by atoms with Crippen LogP contribution in [0.5, 0.6) is 11.5 Å². The molecule has 1 N–H and O–H groups in total. The van der Waals surface area contributed by atoms with Crippen LogP contribution in [0.3, 0.4) is 0 Å².